The number of carboxylic acid groups (broad SMARTS) is 1. The minimum Gasteiger partial charge on any atom is -0.480 e. The van der Waals surface area contributed by atoms with Crippen LogP contribution in [0.3, 0.4) is 0 Å². The van der Waals surface area contributed by atoms with Crippen LogP contribution in [-0.2, 0) is 4.79 Å². The van der Waals surface area contributed by atoms with E-state index in [1.165, 1.54) is 7.05 Å². The number of hydrogen-bond donors (Lipinski definition) is 3. The fraction of sp³-hybridized carbons (Fsp3) is 0.750. The molecule has 0 aromatic heterocycles. The Balaban J connectivity index is 3.57. The molecule has 0 radical (unpaired) electrons. The second-order valence-corrected chi connectivity index (χ2v) is 2.94. The first-order valence-electron chi connectivity index (χ1n) is 4.43. The molecule has 0 unspecified atom stereocenters. The summed E-state index contributed by atoms with van der Waals surface area (Å²) in [5.41, 5.74) is 0. The number of carbonyl (C=O) groups excluding carboxylic acids is 1. The first kappa shape index (κ1) is 12.7. The van der Waals surface area contributed by atoms with E-state index < -0.39 is 5.97 Å². The Kier molecular flexibility index (Phi) is 6.47. The van der Waals surface area contributed by atoms with Gasteiger partial charge in [-0.2, -0.15) is 0 Å². The predicted molar refractivity (Wildman–Crippen MR) is 52.2 cm³/mol. The fourth-order valence-electron chi connectivity index (χ4n) is 0.870. The van der Waals surface area contributed by atoms with Crippen LogP contribution in [0.1, 0.15) is 6.42 Å². The zero-order valence-corrected chi connectivity index (χ0v) is 8.54. The monoisotopic (exact) mass is 203 g/mol. The van der Waals surface area contributed by atoms with Gasteiger partial charge in [0.15, 0.2) is 0 Å². The Bertz CT molecular complexity index is 196. The lowest BCUT2D eigenvalue weighted by Gasteiger charge is -2.15. The summed E-state index contributed by atoms with van der Waals surface area (Å²) in [5.74, 6) is -1.02. The molecule has 2 amide bonds. The van der Waals surface area contributed by atoms with Gasteiger partial charge in [-0.05, 0) is 20.0 Å². The van der Waals surface area contributed by atoms with E-state index in [1.54, 1.807) is 0 Å². The van der Waals surface area contributed by atoms with Crippen LogP contribution in [-0.4, -0.2) is 55.7 Å². The van der Waals surface area contributed by atoms with Crippen molar-refractivity contribution in [3.63, 3.8) is 0 Å². The van der Waals surface area contributed by atoms with Gasteiger partial charge in [0.05, 0.1) is 0 Å². The Morgan fingerprint density at radius 3 is 2.50 bits per heavy atom. The number of carbonyl (C=O) groups is 2. The number of amides is 2. The van der Waals surface area contributed by atoms with Gasteiger partial charge in [0, 0.05) is 13.6 Å². The smallest absolute Gasteiger partial charge is 0.323 e. The van der Waals surface area contributed by atoms with Crippen molar-refractivity contribution in [1.29, 1.82) is 0 Å². The molecule has 0 aliphatic carbocycles. The van der Waals surface area contributed by atoms with Gasteiger partial charge in [-0.1, -0.05) is 0 Å². The largest absolute Gasteiger partial charge is 0.480 e. The summed E-state index contributed by atoms with van der Waals surface area (Å²) < 4.78 is 0. The van der Waals surface area contributed by atoms with Crippen molar-refractivity contribution >= 4 is 12.0 Å². The van der Waals surface area contributed by atoms with Crippen LogP contribution in [0.25, 0.3) is 0 Å². The molecule has 0 atom stereocenters. The minimum atomic E-state index is -1.02. The van der Waals surface area contributed by atoms with E-state index in [9.17, 15) is 9.59 Å². The summed E-state index contributed by atoms with van der Waals surface area (Å²) in [5, 5.41) is 14.0. The third kappa shape index (κ3) is 6.24. The van der Waals surface area contributed by atoms with E-state index in [-0.39, 0.29) is 12.6 Å². The highest BCUT2D eigenvalue weighted by Gasteiger charge is 2.10. The molecule has 0 rings (SSSR count). The highest BCUT2D eigenvalue weighted by atomic mass is 16.4. The molecule has 0 aromatic carbocycles. The highest BCUT2D eigenvalue weighted by molar-refractivity contribution is 5.79. The summed E-state index contributed by atoms with van der Waals surface area (Å²) in [7, 11) is 3.28. The zero-order chi connectivity index (χ0) is 11.0. The number of aliphatic carboxylic acids is 1. The summed E-state index contributed by atoms with van der Waals surface area (Å²) >= 11 is 0. The lowest BCUT2D eigenvalue weighted by Crippen LogP contribution is -2.40. The molecule has 6 nitrogen and oxygen atoms in total. The van der Waals surface area contributed by atoms with Crippen LogP contribution < -0.4 is 10.6 Å². The average Bonchev–Trinajstić information content (AvgIpc) is 2.11. The van der Waals surface area contributed by atoms with E-state index in [4.69, 9.17) is 5.11 Å². The summed E-state index contributed by atoms with van der Waals surface area (Å²) in [6, 6.07) is -0.358. The number of hydrogen-bond acceptors (Lipinski definition) is 3. The van der Waals surface area contributed by atoms with Crippen LogP contribution in [0.4, 0.5) is 4.79 Å². The van der Waals surface area contributed by atoms with Crippen LogP contribution in [0.15, 0.2) is 0 Å². The van der Waals surface area contributed by atoms with Gasteiger partial charge in [0.2, 0.25) is 0 Å². The van der Waals surface area contributed by atoms with Gasteiger partial charge in [-0.3, -0.25) is 4.79 Å². The molecule has 0 spiro atoms. The van der Waals surface area contributed by atoms with Gasteiger partial charge < -0.3 is 20.6 Å². The van der Waals surface area contributed by atoms with Crippen molar-refractivity contribution in [2.45, 2.75) is 6.42 Å². The van der Waals surface area contributed by atoms with Crippen LogP contribution in [0, 0.1) is 0 Å². The molecule has 6 heteroatoms. The lowest BCUT2D eigenvalue weighted by molar-refractivity contribution is -0.137. The Hall–Kier alpha value is -1.30. The maximum absolute atomic E-state index is 11.2. The van der Waals surface area contributed by atoms with Crippen molar-refractivity contribution in [2.24, 2.45) is 0 Å². The van der Waals surface area contributed by atoms with Crippen molar-refractivity contribution < 1.29 is 14.7 Å². The van der Waals surface area contributed by atoms with Crippen LogP contribution >= 0.6 is 0 Å². The summed E-state index contributed by atoms with van der Waals surface area (Å²) in [4.78, 5) is 22.6. The topological polar surface area (TPSA) is 81.7 Å². The van der Waals surface area contributed by atoms with E-state index in [1.807, 2.05) is 7.05 Å². The van der Waals surface area contributed by atoms with E-state index in [0.29, 0.717) is 6.54 Å². The quantitative estimate of drug-likeness (QED) is 0.500. The van der Waals surface area contributed by atoms with E-state index >= 15 is 0 Å². The van der Waals surface area contributed by atoms with E-state index in [2.05, 4.69) is 10.6 Å². The molecule has 0 aliphatic heterocycles. The number of likely N-dealkylation sites (N-methyl/N-ethyl adjacent to an activating group) is 1. The Labute approximate surface area is 83.3 Å². The standard InChI is InChI=1S/C8H17N3O3/c1-9-4-3-5-10-8(14)11(2)6-7(12)13/h9H,3-6H2,1-2H3,(H,10,14)(H,12,13). The second kappa shape index (κ2) is 7.14. The molecule has 82 valence electrons. The second-order valence-electron chi connectivity index (χ2n) is 2.94. The summed E-state index contributed by atoms with van der Waals surface area (Å²) in [6.07, 6.45) is 0.823. The lowest BCUT2D eigenvalue weighted by atomic mass is 10.4. The molecule has 0 heterocycles. The minimum absolute atomic E-state index is 0.280. The molecule has 0 saturated carbocycles. The highest BCUT2D eigenvalue weighted by Crippen LogP contribution is 1.84. The first-order chi connectivity index (χ1) is 6.57. The maximum Gasteiger partial charge on any atom is 0.323 e. The van der Waals surface area contributed by atoms with Gasteiger partial charge in [-0.25, -0.2) is 4.79 Å². The number of rotatable bonds is 6. The Morgan fingerprint density at radius 1 is 1.36 bits per heavy atom. The first-order valence-corrected chi connectivity index (χ1v) is 4.43. The van der Waals surface area contributed by atoms with Gasteiger partial charge in [0.1, 0.15) is 6.54 Å². The molecule has 14 heavy (non-hydrogen) atoms. The van der Waals surface area contributed by atoms with Crippen molar-refractivity contribution in [1.82, 2.24) is 15.5 Å². The van der Waals surface area contributed by atoms with Crippen LogP contribution in [0.2, 0.25) is 0 Å². The number of nitrogens with one attached hydrogen (secondary N) is 2. The average molecular weight is 203 g/mol. The van der Waals surface area contributed by atoms with Crippen molar-refractivity contribution in [3.05, 3.63) is 0 Å². The van der Waals surface area contributed by atoms with E-state index in [0.717, 1.165) is 17.9 Å². The molecule has 0 aromatic rings. The maximum atomic E-state index is 11.2. The molecular formula is C8H17N3O3. The fourth-order valence-corrected chi connectivity index (χ4v) is 0.870. The van der Waals surface area contributed by atoms with Crippen LogP contribution in [0.5, 0.6) is 0 Å². The molecule has 0 saturated heterocycles. The molecule has 0 aliphatic rings. The third-order valence-corrected chi connectivity index (χ3v) is 1.60. The molecular weight excluding hydrogens is 186 g/mol. The van der Waals surface area contributed by atoms with Gasteiger partial charge in [-0.15, -0.1) is 0 Å². The van der Waals surface area contributed by atoms with Crippen molar-refractivity contribution in [3.8, 4) is 0 Å². The SMILES string of the molecule is CNCCCNC(=O)N(C)CC(=O)O. The van der Waals surface area contributed by atoms with Gasteiger partial charge in [0.25, 0.3) is 0 Å². The number of nitrogens with zero attached hydrogens (tertiary/aromatic N) is 1. The number of carboxylic acids is 1. The summed E-state index contributed by atoms with van der Waals surface area (Å²) in [6.45, 7) is 1.09. The molecule has 0 fully saturated rings. The van der Waals surface area contributed by atoms with Crippen molar-refractivity contribution in [2.75, 3.05) is 33.7 Å². The normalized spacial score (nSPS) is 9.57. The van der Waals surface area contributed by atoms with Gasteiger partial charge >= 0.3 is 12.0 Å². The Morgan fingerprint density at radius 2 is 2.00 bits per heavy atom. The molecule has 0 bridgehead atoms. The number of urea groups is 1. The zero-order valence-electron chi connectivity index (χ0n) is 8.54. The third-order valence-electron chi connectivity index (χ3n) is 1.60. The molecule has 3 N–H and O–H groups in total. The predicted octanol–water partition coefficient (Wildman–Crippen LogP) is -0.678.